The first-order chi connectivity index (χ1) is 6.82. The van der Waals surface area contributed by atoms with Crippen molar-refractivity contribution in [2.45, 2.75) is 40.3 Å². The van der Waals surface area contributed by atoms with Crippen LogP contribution in [0.2, 0.25) is 0 Å². The minimum atomic E-state index is -0.788. The summed E-state index contributed by atoms with van der Waals surface area (Å²) in [5.74, 6) is -1.00. The van der Waals surface area contributed by atoms with E-state index >= 15 is 0 Å². The smallest absolute Gasteiger partial charge is 0.335 e. The highest BCUT2D eigenvalue weighted by atomic mass is 16.8. The summed E-state index contributed by atoms with van der Waals surface area (Å²) in [6.07, 6.45) is -1.54. The Morgan fingerprint density at radius 3 is 1.93 bits per heavy atom. The number of hydrogen-bond donors (Lipinski definition) is 0. The fraction of sp³-hybridized carbons (Fsp3) is 0.600. The maximum atomic E-state index is 11.0. The lowest BCUT2D eigenvalue weighted by molar-refractivity contribution is -0.224. The second-order valence-corrected chi connectivity index (χ2v) is 3.07. The summed E-state index contributed by atoms with van der Waals surface area (Å²) >= 11 is 0. The molecule has 0 radical (unpaired) electrons. The number of esters is 2. The Balaban J connectivity index is 3.92. The van der Waals surface area contributed by atoms with E-state index in [1.54, 1.807) is 0 Å². The molecule has 86 valence electrons. The van der Waals surface area contributed by atoms with Crippen LogP contribution in [0.3, 0.4) is 0 Å². The molecule has 0 rings (SSSR count). The van der Waals surface area contributed by atoms with Crippen molar-refractivity contribution in [3.8, 4) is 0 Å². The molecule has 0 aliphatic rings. The molecule has 0 amide bonds. The zero-order valence-corrected chi connectivity index (χ0v) is 9.40. The lowest BCUT2D eigenvalue weighted by Crippen LogP contribution is -2.26. The minimum absolute atomic E-state index is 0.283. The van der Waals surface area contributed by atoms with Gasteiger partial charge in [-0.25, -0.2) is 4.79 Å². The molecule has 0 aromatic rings. The molecule has 0 N–H and O–H groups in total. The highest BCUT2D eigenvalue weighted by Crippen LogP contribution is 2.04. The summed E-state index contributed by atoms with van der Waals surface area (Å²) in [7, 11) is 0. The maximum absolute atomic E-state index is 11.0. The molecule has 5 heteroatoms. The normalized spacial score (nSPS) is 13.9. The largest absolute Gasteiger partial charge is 0.436 e. The van der Waals surface area contributed by atoms with Gasteiger partial charge in [-0.2, -0.15) is 0 Å². The Hall–Kier alpha value is -1.36. The van der Waals surface area contributed by atoms with Crippen molar-refractivity contribution in [3.05, 3.63) is 12.2 Å². The van der Waals surface area contributed by atoms with Gasteiger partial charge in [0.2, 0.25) is 12.6 Å². The van der Waals surface area contributed by atoms with E-state index in [0.29, 0.717) is 0 Å². The summed E-state index contributed by atoms with van der Waals surface area (Å²) in [6.45, 7) is 9.28. The van der Waals surface area contributed by atoms with Gasteiger partial charge in [0.05, 0.1) is 0 Å². The molecule has 0 aliphatic carbocycles. The molecule has 2 unspecified atom stereocenters. The predicted octanol–water partition coefficient (Wildman–Crippen LogP) is 1.38. The van der Waals surface area contributed by atoms with Gasteiger partial charge in [-0.15, -0.1) is 0 Å². The molecule has 2 atom stereocenters. The first-order valence-electron chi connectivity index (χ1n) is 4.52. The van der Waals surface area contributed by atoms with Crippen molar-refractivity contribution in [3.63, 3.8) is 0 Å². The molecule has 15 heavy (non-hydrogen) atoms. The van der Waals surface area contributed by atoms with Gasteiger partial charge in [0.1, 0.15) is 0 Å². The standard InChI is InChI=1S/C10H16O5/c1-6(2)10(12)15-9(5)14-8(4)13-7(3)11/h8-9H,1H2,2-5H3. The van der Waals surface area contributed by atoms with Gasteiger partial charge in [-0.1, -0.05) is 6.58 Å². The van der Waals surface area contributed by atoms with Crippen molar-refractivity contribution in [1.29, 1.82) is 0 Å². The molecule has 0 saturated carbocycles. The minimum Gasteiger partial charge on any atom is -0.436 e. The summed E-state index contributed by atoms with van der Waals surface area (Å²) in [6, 6.07) is 0. The number of carbonyl (C=O) groups excluding carboxylic acids is 2. The van der Waals surface area contributed by atoms with E-state index in [-0.39, 0.29) is 5.57 Å². The van der Waals surface area contributed by atoms with Crippen LogP contribution in [0.4, 0.5) is 0 Å². The van der Waals surface area contributed by atoms with E-state index in [2.05, 4.69) is 11.3 Å². The second kappa shape index (κ2) is 6.19. The molecule has 0 aromatic carbocycles. The number of ether oxygens (including phenoxy) is 3. The maximum Gasteiger partial charge on any atom is 0.335 e. The first-order valence-corrected chi connectivity index (χ1v) is 4.52. The van der Waals surface area contributed by atoms with Crippen molar-refractivity contribution >= 4 is 11.9 Å². The van der Waals surface area contributed by atoms with Crippen LogP contribution in [0.25, 0.3) is 0 Å². The average molecular weight is 216 g/mol. The fourth-order valence-corrected chi connectivity index (χ4v) is 0.810. The fourth-order valence-electron chi connectivity index (χ4n) is 0.810. The quantitative estimate of drug-likeness (QED) is 0.394. The van der Waals surface area contributed by atoms with Crippen molar-refractivity contribution in [1.82, 2.24) is 0 Å². The molecule has 0 saturated heterocycles. The van der Waals surface area contributed by atoms with Crippen LogP contribution in [0.1, 0.15) is 27.7 Å². The molecular formula is C10H16O5. The third kappa shape index (κ3) is 6.68. The number of carbonyl (C=O) groups is 2. The van der Waals surface area contributed by atoms with Gasteiger partial charge < -0.3 is 14.2 Å². The molecule has 0 fully saturated rings. The first kappa shape index (κ1) is 13.6. The summed E-state index contributed by atoms with van der Waals surface area (Å²) in [5.41, 5.74) is 0.283. The van der Waals surface area contributed by atoms with Crippen LogP contribution >= 0.6 is 0 Å². The van der Waals surface area contributed by atoms with Crippen LogP contribution in [0.15, 0.2) is 12.2 Å². The Morgan fingerprint density at radius 2 is 1.53 bits per heavy atom. The third-order valence-electron chi connectivity index (χ3n) is 1.34. The van der Waals surface area contributed by atoms with Crippen molar-refractivity contribution < 1.29 is 23.8 Å². The van der Waals surface area contributed by atoms with E-state index in [9.17, 15) is 9.59 Å². The molecule has 0 aromatic heterocycles. The molecule has 0 heterocycles. The van der Waals surface area contributed by atoms with E-state index in [1.165, 1.54) is 27.7 Å². The Labute approximate surface area is 89.0 Å². The van der Waals surface area contributed by atoms with E-state index in [0.717, 1.165) is 0 Å². The van der Waals surface area contributed by atoms with Gasteiger partial charge in [-0.05, 0) is 20.8 Å². The molecule has 0 spiro atoms. The Morgan fingerprint density at radius 1 is 1.07 bits per heavy atom. The molecule has 0 aliphatic heterocycles. The van der Waals surface area contributed by atoms with E-state index in [4.69, 9.17) is 9.47 Å². The molecular weight excluding hydrogens is 200 g/mol. The van der Waals surface area contributed by atoms with Crippen molar-refractivity contribution in [2.75, 3.05) is 0 Å². The Bertz CT molecular complexity index is 259. The zero-order chi connectivity index (χ0) is 12.0. The topological polar surface area (TPSA) is 61.8 Å². The van der Waals surface area contributed by atoms with Gasteiger partial charge in [0.15, 0.2) is 0 Å². The van der Waals surface area contributed by atoms with Crippen LogP contribution in [0.5, 0.6) is 0 Å². The van der Waals surface area contributed by atoms with E-state index < -0.39 is 24.5 Å². The lowest BCUT2D eigenvalue weighted by atomic mass is 10.4. The molecule has 0 bridgehead atoms. The highest BCUT2D eigenvalue weighted by molar-refractivity contribution is 5.86. The molecule has 5 nitrogen and oxygen atoms in total. The van der Waals surface area contributed by atoms with Crippen LogP contribution < -0.4 is 0 Å². The third-order valence-corrected chi connectivity index (χ3v) is 1.34. The number of hydrogen-bond acceptors (Lipinski definition) is 5. The average Bonchev–Trinajstić information content (AvgIpc) is 2.00. The zero-order valence-electron chi connectivity index (χ0n) is 9.40. The summed E-state index contributed by atoms with van der Waals surface area (Å²) in [5, 5.41) is 0. The lowest BCUT2D eigenvalue weighted by Gasteiger charge is -2.18. The van der Waals surface area contributed by atoms with Gasteiger partial charge >= 0.3 is 11.9 Å². The summed E-state index contributed by atoms with van der Waals surface area (Å²) in [4.78, 5) is 21.6. The Kier molecular flexibility index (Phi) is 5.62. The van der Waals surface area contributed by atoms with Crippen molar-refractivity contribution in [2.24, 2.45) is 0 Å². The summed E-state index contributed by atoms with van der Waals surface area (Å²) < 4.78 is 14.6. The number of rotatable bonds is 5. The monoisotopic (exact) mass is 216 g/mol. The van der Waals surface area contributed by atoms with Crippen LogP contribution in [-0.2, 0) is 23.8 Å². The van der Waals surface area contributed by atoms with Gasteiger partial charge in [0.25, 0.3) is 0 Å². The van der Waals surface area contributed by atoms with Crippen LogP contribution in [-0.4, -0.2) is 24.5 Å². The van der Waals surface area contributed by atoms with Crippen LogP contribution in [0, 0.1) is 0 Å². The van der Waals surface area contributed by atoms with E-state index in [1.807, 2.05) is 0 Å². The predicted molar refractivity (Wildman–Crippen MR) is 52.7 cm³/mol. The van der Waals surface area contributed by atoms with Gasteiger partial charge in [-0.3, -0.25) is 4.79 Å². The SMILES string of the molecule is C=C(C)C(=O)OC(C)OC(C)OC(C)=O. The second-order valence-electron chi connectivity index (χ2n) is 3.07. The highest BCUT2D eigenvalue weighted by Gasteiger charge is 2.14. The van der Waals surface area contributed by atoms with Gasteiger partial charge in [0, 0.05) is 12.5 Å².